The predicted octanol–water partition coefficient (Wildman–Crippen LogP) is 2.17. The van der Waals surface area contributed by atoms with Crippen molar-refractivity contribution in [3.05, 3.63) is 59.3 Å². The van der Waals surface area contributed by atoms with Crippen LogP contribution in [0.3, 0.4) is 0 Å². The van der Waals surface area contributed by atoms with Crippen molar-refractivity contribution >= 4 is 5.97 Å². The van der Waals surface area contributed by atoms with Crippen LogP contribution in [0.1, 0.15) is 21.5 Å². The number of aromatic nitrogens is 1. The molecule has 1 aromatic heterocycles. The first-order valence-electron chi connectivity index (χ1n) is 6.60. The fraction of sp³-hybridized carbons (Fsp3) is 0.250. The van der Waals surface area contributed by atoms with Crippen LogP contribution in [0.25, 0.3) is 0 Å². The number of carbonyl (C=O) groups is 1. The Kier molecular flexibility index (Phi) is 5.29. The van der Waals surface area contributed by atoms with Crippen LogP contribution in [0.4, 0.5) is 0 Å². The quantitative estimate of drug-likeness (QED) is 0.825. The minimum atomic E-state index is -0.321. The van der Waals surface area contributed by atoms with Gasteiger partial charge in [-0.3, -0.25) is 0 Å². The topological polar surface area (TPSA) is 60.5 Å². The van der Waals surface area contributed by atoms with E-state index in [9.17, 15) is 4.79 Å². The molecule has 0 bridgehead atoms. The number of hydrogen-bond donors (Lipinski definition) is 1. The number of nitrogens with zero attached hydrogens (tertiary/aromatic N) is 1. The third kappa shape index (κ3) is 4.03. The number of nitrogens with one attached hydrogen (secondary N) is 1. The molecular formula is C16H18N2O3. The number of methoxy groups -OCH3 is 2. The summed E-state index contributed by atoms with van der Waals surface area (Å²) in [5.41, 5.74) is 2.54. The Morgan fingerprint density at radius 2 is 1.95 bits per heavy atom. The number of benzene rings is 1. The summed E-state index contributed by atoms with van der Waals surface area (Å²) in [7, 11) is 2.97. The van der Waals surface area contributed by atoms with Gasteiger partial charge in [-0.1, -0.05) is 24.3 Å². The Morgan fingerprint density at radius 1 is 1.14 bits per heavy atom. The van der Waals surface area contributed by atoms with Gasteiger partial charge in [-0.25, -0.2) is 9.78 Å². The summed E-state index contributed by atoms with van der Waals surface area (Å²) in [5.74, 6) is 0.272. The zero-order chi connectivity index (χ0) is 15.1. The second-order valence-electron chi connectivity index (χ2n) is 4.46. The van der Waals surface area contributed by atoms with Crippen molar-refractivity contribution in [1.82, 2.24) is 10.3 Å². The van der Waals surface area contributed by atoms with Gasteiger partial charge in [0.25, 0.3) is 0 Å². The van der Waals surface area contributed by atoms with E-state index < -0.39 is 0 Å². The Labute approximate surface area is 123 Å². The van der Waals surface area contributed by atoms with Crippen molar-refractivity contribution in [2.75, 3.05) is 14.2 Å². The minimum absolute atomic E-state index is 0.321. The Balaban J connectivity index is 1.95. The highest BCUT2D eigenvalue weighted by atomic mass is 16.5. The average Bonchev–Trinajstić information content (AvgIpc) is 2.55. The van der Waals surface area contributed by atoms with E-state index in [1.807, 2.05) is 30.3 Å². The summed E-state index contributed by atoms with van der Waals surface area (Å²) in [6.07, 6.45) is 1.76. The van der Waals surface area contributed by atoms with Crippen molar-refractivity contribution in [1.29, 1.82) is 0 Å². The zero-order valence-electron chi connectivity index (χ0n) is 12.1. The van der Waals surface area contributed by atoms with E-state index in [2.05, 4.69) is 10.3 Å². The molecule has 0 aliphatic heterocycles. The monoisotopic (exact) mass is 286 g/mol. The minimum Gasteiger partial charge on any atom is -0.481 e. The standard InChI is InChI=1S/C16H18N2O3/c1-20-15-8-7-12(10-18-15)9-17-11-13-5-3-4-6-14(13)16(19)21-2/h3-8,10,17H,9,11H2,1-2H3. The molecule has 5 nitrogen and oxygen atoms in total. The third-order valence-electron chi connectivity index (χ3n) is 3.07. The average molecular weight is 286 g/mol. The third-order valence-corrected chi connectivity index (χ3v) is 3.07. The van der Waals surface area contributed by atoms with Gasteiger partial charge in [0.2, 0.25) is 5.88 Å². The van der Waals surface area contributed by atoms with Crippen molar-refractivity contribution in [2.24, 2.45) is 0 Å². The van der Waals surface area contributed by atoms with Crippen LogP contribution < -0.4 is 10.1 Å². The van der Waals surface area contributed by atoms with Crippen LogP contribution in [0, 0.1) is 0 Å². The summed E-state index contributed by atoms with van der Waals surface area (Å²) in [4.78, 5) is 15.8. The zero-order valence-corrected chi connectivity index (χ0v) is 12.1. The number of rotatable bonds is 6. The van der Waals surface area contributed by atoms with E-state index in [1.165, 1.54) is 7.11 Å². The Morgan fingerprint density at radius 3 is 2.62 bits per heavy atom. The van der Waals surface area contributed by atoms with Crippen LogP contribution in [0.15, 0.2) is 42.6 Å². The Bertz CT molecular complexity index is 597. The first kappa shape index (κ1) is 15.0. The summed E-state index contributed by atoms with van der Waals surface area (Å²) in [5, 5.41) is 3.29. The van der Waals surface area contributed by atoms with Gasteiger partial charge in [-0.15, -0.1) is 0 Å². The van der Waals surface area contributed by atoms with Crippen molar-refractivity contribution in [3.63, 3.8) is 0 Å². The first-order chi connectivity index (χ1) is 10.2. The first-order valence-corrected chi connectivity index (χ1v) is 6.60. The summed E-state index contributed by atoms with van der Waals surface area (Å²) in [6, 6.07) is 11.2. The molecule has 1 N–H and O–H groups in total. The van der Waals surface area contributed by atoms with Crippen LogP contribution in [-0.4, -0.2) is 25.2 Å². The Hall–Kier alpha value is -2.40. The maximum absolute atomic E-state index is 11.7. The smallest absolute Gasteiger partial charge is 0.338 e. The molecule has 110 valence electrons. The van der Waals surface area contributed by atoms with Gasteiger partial charge in [-0.05, 0) is 17.2 Å². The lowest BCUT2D eigenvalue weighted by Crippen LogP contribution is -2.16. The van der Waals surface area contributed by atoms with E-state index in [4.69, 9.17) is 9.47 Å². The van der Waals surface area contributed by atoms with Crippen molar-refractivity contribution in [2.45, 2.75) is 13.1 Å². The van der Waals surface area contributed by atoms with Crippen LogP contribution in [0.2, 0.25) is 0 Å². The van der Waals surface area contributed by atoms with Gasteiger partial charge in [0.05, 0.1) is 19.8 Å². The maximum Gasteiger partial charge on any atom is 0.338 e. The van der Waals surface area contributed by atoms with E-state index in [1.54, 1.807) is 19.4 Å². The van der Waals surface area contributed by atoms with Gasteiger partial charge in [0.1, 0.15) is 0 Å². The van der Waals surface area contributed by atoms with E-state index in [0.717, 1.165) is 11.1 Å². The molecule has 0 saturated heterocycles. The van der Waals surface area contributed by atoms with Crippen molar-refractivity contribution in [3.8, 4) is 5.88 Å². The molecule has 0 saturated carbocycles. The predicted molar refractivity (Wildman–Crippen MR) is 79.1 cm³/mol. The molecule has 21 heavy (non-hydrogen) atoms. The molecule has 1 heterocycles. The largest absolute Gasteiger partial charge is 0.481 e. The highest BCUT2D eigenvalue weighted by Gasteiger charge is 2.10. The number of hydrogen-bond acceptors (Lipinski definition) is 5. The molecule has 0 unspecified atom stereocenters. The molecule has 0 aliphatic rings. The molecule has 0 fully saturated rings. The SMILES string of the molecule is COC(=O)c1ccccc1CNCc1ccc(OC)nc1. The van der Waals surface area contributed by atoms with Gasteiger partial charge in [-0.2, -0.15) is 0 Å². The van der Waals surface area contributed by atoms with Gasteiger partial charge >= 0.3 is 5.97 Å². The fourth-order valence-corrected chi connectivity index (χ4v) is 1.96. The molecule has 0 spiro atoms. The van der Waals surface area contributed by atoms with Crippen LogP contribution in [-0.2, 0) is 17.8 Å². The summed E-state index contributed by atoms with van der Waals surface area (Å²) >= 11 is 0. The van der Waals surface area contributed by atoms with E-state index >= 15 is 0 Å². The lowest BCUT2D eigenvalue weighted by Gasteiger charge is -2.09. The summed E-state index contributed by atoms with van der Waals surface area (Å²) < 4.78 is 9.79. The van der Waals surface area contributed by atoms with Crippen molar-refractivity contribution < 1.29 is 14.3 Å². The number of esters is 1. The lowest BCUT2D eigenvalue weighted by molar-refractivity contribution is 0.0599. The van der Waals surface area contributed by atoms with Gasteiger partial charge in [0.15, 0.2) is 0 Å². The van der Waals surface area contributed by atoms with Crippen LogP contribution in [0.5, 0.6) is 5.88 Å². The normalized spacial score (nSPS) is 10.2. The number of pyridine rings is 1. The maximum atomic E-state index is 11.7. The second kappa shape index (κ2) is 7.40. The highest BCUT2D eigenvalue weighted by Crippen LogP contribution is 2.11. The molecule has 0 radical (unpaired) electrons. The number of carbonyl (C=O) groups excluding carboxylic acids is 1. The second-order valence-corrected chi connectivity index (χ2v) is 4.46. The molecule has 5 heteroatoms. The number of ether oxygens (including phenoxy) is 2. The molecule has 1 aromatic carbocycles. The molecule has 0 aliphatic carbocycles. The fourth-order valence-electron chi connectivity index (χ4n) is 1.96. The molecule has 2 aromatic rings. The van der Waals surface area contributed by atoms with E-state index in [-0.39, 0.29) is 5.97 Å². The summed E-state index contributed by atoms with van der Waals surface area (Å²) in [6.45, 7) is 1.24. The van der Waals surface area contributed by atoms with Crippen LogP contribution >= 0.6 is 0 Å². The van der Waals surface area contributed by atoms with Gasteiger partial charge < -0.3 is 14.8 Å². The molecule has 0 atom stereocenters. The molecule has 0 amide bonds. The molecule has 2 rings (SSSR count). The molecular weight excluding hydrogens is 268 g/mol. The lowest BCUT2D eigenvalue weighted by atomic mass is 10.1. The highest BCUT2D eigenvalue weighted by molar-refractivity contribution is 5.90. The van der Waals surface area contributed by atoms with Gasteiger partial charge in [0, 0.05) is 25.4 Å². The van der Waals surface area contributed by atoms with E-state index in [0.29, 0.717) is 24.5 Å².